The highest BCUT2D eigenvalue weighted by atomic mass is 16.5. The third-order valence-electron chi connectivity index (χ3n) is 3.70. The van der Waals surface area contributed by atoms with Gasteiger partial charge in [0, 0.05) is 11.7 Å². The molecule has 2 aromatic carbocycles. The lowest BCUT2D eigenvalue weighted by Gasteiger charge is -2.12. The molecule has 0 heterocycles. The average Bonchev–Trinajstić information content (AvgIpc) is 3.45. The number of rotatable bonds is 8. The summed E-state index contributed by atoms with van der Waals surface area (Å²) in [6.07, 6.45) is 2.02. The number of nitrogen functional groups attached to an aromatic ring is 1. The van der Waals surface area contributed by atoms with E-state index in [0.29, 0.717) is 22.9 Å². The minimum Gasteiger partial charge on any atom is -0.480 e. The van der Waals surface area contributed by atoms with Crippen LogP contribution in [0.15, 0.2) is 48.5 Å². The van der Waals surface area contributed by atoms with E-state index in [1.54, 1.807) is 42.5 Å². The first-order chi connectivity index (χ1) is 12.6. The Kier molecular flexibility index (Phi) is 5.58. The molecule has 4 N–H and O–H groups in total. The van der Waals surface area contributed by atoms with Gasteiger partial charge in [-0.05, 0) is 49.2 Å². The Balaban J connectivity index is 1.50. The first-order valence-electron chi connectivity index (χ1n) is 8.41. The van der Waals surface area contributed by atoms with Crippen LogP contribution in [-0.2, 0) is 9.59 Å². The van der Waals surface area contributed by atoms with Gasteiger partial charge in [0.1, 0.15) is 5.75 Å². The van der Waals surface area contributed by atoms with Gasteiger partial charge in [-0.25, -0.2) is 0 Å². The van der Waals surface area contributed by atoms with E-state index in [0.717, 1.165) is 12.8 Å². The number of para-hydroxylation sites is 2. The number of hydrogen-bond donors (Lipinski definition) is 3. The summed E-state index contributed by atoms with van der Waals surface area (Å²) in [6, 6.07) is 14.3. The summed E-state index contributed by atoms with van der Waals surface area (Å²) in [5.74, 6) is 0.959. The molecule has 0 saturated heterocycles. The Morgan fingerprint density at radius 2 is 1.69 bits per heavy atom. The molecule has 2 aromatic rings. The van der Waals surface area contributed by atoms with Gasteiger partial charge in [-0.15, -0.1) is 0 Å². The standard InChI is InChI=1S/C19H21N3O4/c20-13-5-9-15(10-6-13)26-17-4-2-1-3-16(17)25-12-19(24)21-11-18(23)22-14-7-8-14/h1-6,9-10,14H,7-8,11-12,20H2,(H,21,24)(H,22,23). The largest absolute Gasteiger partial charge is 0.480 e. The van der Waals surface area contributed by atoms with Crippen LogP contribution >= 0.6 is 0 Å². The van der Waals surface area contributed by atoms with E-state index in [2.05, 4.69) is 10.6 Å². The molecular weight excluding hydrogens is 334 g/mol. The van der Waals surface area contributed by atoms with Crippen molar-refractivity contribution in [2.45, 2.75) is 18.9 Å². The number of hydrogen-bond acceptors (Lipinski definition) is 5. The zero-order chi connectivity index (χ0) is 18.4. The molecule has 0 unspecified atom stereocenters. The van der Waals surface area contributed by atoms with Crippen molar-refractivity contribution in [3.8, 4) is 17.2 Å². The van der Waals surface area contributed by atoms with Crippen LogP contribution in [0.3, 0.4) is 0 Å². The lowest BCUT2D eigenvalue weighted by atomic mass is 10.3. The van der Waals surface area contributed by atoms with Gasteiger partial charge in [-0.3, -0.25) is 9.59 Å². The molecule has 7 nitrogen and oxygen atoms in total. The van der Waals surface area contributed by atoms with Gasteiger partial charge in [0.15, 0.2) is 18.1 Å². The number of ether oxygens (including phenoxy) is 2. The number of carbonyl (C=O) groups excluding carboxylic acids is 2. The van der Waals surface area contributed by atoms with Crippen LogP contribution in [-0.4, -0.2) is 31.0 Å². The Morgan fingerprint density at radius 1 is 1.00 bits per heavy atom. The van der Waals surface area contributed by atoms with Crippen LogP contribution in [0.4, 0.5) is 5.69 Å². The van der Waals surface area contributed by atoms with E-state index in [1.807, 2.05) is 6.07 Å². The summed E-state index contributed by atoms with van der Waals surface area (Å²) in [4.78, 5) is 23.4. The summed E-state index contributed by atoms with van der Waals surface area (Å²) in [7, 11) is 0. The first-order valence-corrected chi connectivity index (χ1v) is 8.41. The van der Waals surface area contributed by atoms with Crippen molar-refractivity contribution in [2.24, 2.45) is 0 Å². The monoisotopic (exact) mass is 355 g/mol. The van der Waals surface area contributed by atoms with Gasteiger partial charge < -0.3 is 25.8 Å². The maximum atomic E-state index is 11.9. The van der Waals surface area contributed by atoms with Crippen molar-refractivity contribution in [1.29, 1.82) is 0 Å². The molecule has 1 saturated carbocycles. The molecule has 1 aliphatic rings. The van der Waals surface area contributed by atoms with Gasteiger partial charge in [-0.2, -0.15) is 0 Å². The summed E-state index contributed by atoms with van der Waals surface area (Å²) < 4.78 is 11.3. The minimum absolute atomic E-state index is 0.0533. The Hall–Kier alpha value is -3.22. The fourth-order valence-electron chi connectivity index (χ4n) is 2.20. The first kappa shape index (κ1) is 17.6. The van der Waals surface area contributed by atoms with E-state index in [9.17, 15) is 9.59 Å². The number of anilines is 1. The van der Waals surface area contributed by atoms with Crippen LogP contribution in [0.1, 0.15) is 12.8 Å². The molecule has 0 aliphatic heterocycles. The van der Waals surface area contributed by atoms with E-state index < -0.39 is 0 Å². The van der Waals surface area contributed by atoms with Crippen molar-refractivity contribution in [3.63, 3.8) is 0 Å². The molecule has 0 aromatic heterocycles. The van der Waals surface area contributed by atoms with Crippen LogP contribution in [0.2, 0.25) is 0 Å². The van der Waals surface area contributed by atoms with Crippen LogP contribution in [0.5, 0.6) is 17.2 Å². The molecule has 1 aliphatic carbocycles. The van der Waals surface area contributed by atoms with E-state index in [-0.39, 0.29) is 31.0 Å². The van der Waals surface area contributed by atoms with Gasteiger partial charge in [-0.1, -0.05) is 12.1 Å². The minimum atomic E-state index is -0.377. The average molecular weight is 355 g/mol. The van der Waals surface area contributed by atoms with E-state index >= 15 is 0 Å². The van der Waals surface area contributed by atoms with Gasteiger partial charge in [0.2, 0.25) is 5.91 Å². The lowest BCUT2D eigenvalue weighted by Crippen LogP contribution is -2.39. The molecular formula is C19H21N3O4. The quantitative estimate of drug-likeness (QED) is 0.627. The summed E-state index contributed by atoms with van der Waals surface area (Å²) in [5, 5.41) is 5.33. The summed E-state index contributed by atoms with van der Waals surface area (Å²) in [5.41, 5.74) is 6.30. The maximum absolute atomic E-state index is 11.9. The molecule has 7 heteroatoms. The molecule has 0 spiro atoms. The molecule has 26 heavy (non-hydrogen) atoms. The number of nitrogens with two attached hydrogens (primary N) is 1. The SMILES string of the molecule is Nc1ccc(Oc2ccccc2OCC(=O)NCC(=O)NC2CC2)cc1. The van der Waals surface area contributed by atoms with Crippen molar-refractivity contribution in [2.75, 3.05) is 18.9 Å². The molecule has 1 fully saturated rings. The van der Waals surface area contributed by atoms with Crippen LogP contribution in [0, 0.1) is 0 Å². The summed E-state index contributed by atoms with van der Waals surface area (Å²) >= 11 is 0. The van der Waals surface area contributed by atoms with Crippen molar-refractivity contribution in [1.82, 2.24) is 10.6 Å². The molecule has 136 valence electrons. The zero-order valence-corrected chi connectivity index (χ0v) is 14.2. The van der Waals surface area contributed by atoms with Crippen molar-refractivity contribution in [3.05, 3.63) is 48.5 Å². The van der Waals surface area contributed by atoms with Crippen molar-refractivity contribution >= 4 is 17.5 Å². The topological polar surface area (TPSA) is 103 Å². The number of carbonyl (C=O) groups is 2. The smallest absolute Gasteiger partial charge is 0.258 e. The Bertz CT molecular complexity index is 773. The molecule has 0 radical (unpaired) electrons. The highest BCUT2D eigenvalue weighted by Crippen LogP contribution is 2.31. The normalized spacial score (nSPS) is 12.9. The van der Waals surface area contributed by atoms with Gasteiger partial charge >= 0.3 is 0 Å². The maximum Gasteiger partial charge on any atom is 0.258 e. The third-order valence-corrected chi connectivity index (χ3v) is 3.70. The number of nitrogens with one attached hydrogen (secondary N) is 2. The fraction of sp³-hybridized carbons (Fsp3) is 0.263. The predicted octanol–water partition coefficient (Wildman–Crippen LogP) is 1.83. The van der Waals surface area contributed by atoms with E-state index in [4.69, 9.17) is 15.2 Å². The Morgan fingerprint density at radius 3 is 2.38 bits per heavy atom. The lowest BCUT2D eigenvalue weighted by molar-refractivity contribution is -0.127. The molecule has 0 atom stereocenters. The van der Waals surface area contributed by atoms with Gasteiger partial charge in [0.05, 0.1) is 6.54 Å². The second-order valence-corrected chi connectivity index (χ2v) is 6.03. The fourth-order valence-corrected chi connectivity index (χ4v) is 2.20. The number of amides is 2. The van der Waals surface area contributed by atoms with Gasteiger partial charge in [0.25, 0.3) is 5.91 Å². The second kappa shape index (κ2) is 8.24. The molecule has 0 bridgehead atoms. The second-order valence-electron chi connectivity index (χ2n) is 6.03. The predicted molar refractivity (Wildman–Crippen MR) is 97.0 cm³/mol. The number of benzene rings is 2. The van der Waals surface area contributed by atoms with Crippen LogP contribution in [0.25, 0.3) is 0 Å². The zero-order valence-electron chi connectivity index (χ0n) is 14.2. The summed E-state index contributed by atoms with van der Waals surface area (Å²) in [6.45, 7) is -0.263. The molecule has 2 amide bonds. The third kappa shape index (κ3) is 5.41. The highest BCUT2D eigenvalue weighted by molar-refractivity contribution is 5.85. The Labute approximate surface area is 151 Å². The molecule has 3 rings (SSSR count). The van der Waals surface area contributed by atoms with Crippen LogP contribution < -0.4 is 25.8 Å². The van der Waals surface area contributed by atoms with E-state index in [1.165, 1.54) is 0 Å². The highest BCUT2D eigenvalue weighted by Gasteiger charge is 2.23. The van der Waals surface area contributed by atoms with Crippen molar-refractivity contribution < 1.29 is 19.1 Å².